The van der Waals surface area contributed by atoms with E-state index >= 15 is 0 Å². The lowest BCUT2D eigenvalue weighted by Crippen LogP contribution is -2.40. The molecule has 1 aliphatic rings. The summed E-state index contributed by atoms with van der Waals surface area (Å²) in [7, 11) is 0. The van der Waals surface area contributed by atoms with Crippen molar-refractivity contribution in [2.75, 3.05) is 6.54 Å². The fraction of sp³-hybridized carbons (Fsp3) is 0.350. The summed E-state index contributed by atoms with van der Waals surface area (Å²) in [6, 6.07) is 11.1. The molecule has 0 atom stereocenters. The van der Waals surface area contributed by atoms with Gasteiger partial charge in [0.05, 0.1) is 0 Å². The largest absolute Gasteiger partial charge is 0.300 e. The molecule has 0 fully saturated rings. The minimum atomic E-state index is -0.214. The average molecular weight is 323 g/mol. The second-order valence-corrected chi connectivity index (χ2v) is 6.17. The van der Waals surface area contributed by atoms with Gasteiger partial charge in [0.25, 0.3) is 11.8 Å². The molecule has 0 saturated carbocycles. The smallest absolute Gasteiger partial charge is 0.261 e. The molecule has 0 unspecified atom stereocenters. The Morgan fingerprint density at radius 3 is 2.12 bits per heavy atom. The van der Waals surface area contributed by atoms with Gasteiger partial charge >= 0.3 is 0 Å². The van der Waals surface area contributed by atoms with Crippen LogP contribution in [0.1, 0.15) is 59.7 Å². The molecule has 2 aromatic carbocycles. The monoisotopic (exact) mass is 323 g/mol. The first kappa shape index (κ1) is 16.4. The second kappa shape index (κ2) is 6.95. The van der Waals surface area contributed by atoms with Crippen molar-refractivity contribution in [2.24, 2.45) is 0 Å². The Kier molecular flexibility index (Phi) is 4.74. The van der Waals surface area contributed by atoms with Gasteiger partial charge in [-0.05, 0) is 30.4 Å². The van der Waals surface area contributed by atoms with Crippen molar-refractivity contribution in [2.45, 2.75) is 39.0 Å². The van der Waals surface area contributed by atoms with Crippen molar-refractivity contribution >= 4 is 28.4 Å². The number of carbonyl (C=O) groups excluding carboxylic acids is 3. The molecule has 1 heterocycles. The van der Waals surface area contributed by atoms with Crippen LogP contribution in [0, 0.1) is 0 Å². The van der Waals surface area contributed by atoms with E-state index < -0.39 is 0 Å². The van der Waals surface area contributed by atoms with Gasteiger partial charge in [-0.25, -0.2) is 0 Å². The van der Waals surface area contributed by atoms with Crippen molar-refractivity contribution in [3.63, 3.8) is 0 Å². The zero-order valence-electron chi connectivity index (χ0n) is 13.9. The molecule has 0 N–H and O–H groups in total. The van der Waals surface area contributed by atoms with Crippen LogP contribution in [-0.4, -0.2) is 29.0 Å². The van der Waals surface area contributed by atoms with Crippen LogP contribution >= 0.6 is 0 Å². The van der Waals surface area contributed by atoms with Crippen LogP contribution in [0.3, 0.4) is 0 Å². The highest BCUT2D eigenvalue weighted by Gasteiger charge is 2.31. The molecule has 2 aromatic rings. The molecule has 0 aromatic heterocycles. The van der Waals surface area contributed by atoms with E-state index in [0.29, 0.717) is 30.5 Å². The third-order valence-corrected chi connectivity index (χ3v) is 4.59. The number of amides is 2. The highest BCUT2D eigenvalue weighted by Crippen LogP contribution is 2.30. The zero-order valence-corrected chi connectivity index (χ0v) is 13.9. The third-order valence-electron chi connectivity index (χ3n) is 4.59. The number of imide groups is 1. The lowest BCUT2D eigenvalue weighted by Gasteiger charge is -2.27. The summed E-state index contributed by atoms with van der Waals surface area (Å²) in [6.45, 7) is 2.27. The van der Waals surface area contributed by atoms with Crippen molar-refractivity contribution in [3.8, 4) is 0 Å². The summed E-state index contributed by atoms with van der Waals surface area (Å²) in [5, 5.41) is 1.68. The number of ketones is 1. The van der Waals surface area contributed by atoms with Gasteiger partial charge in [0.2, 0.25) is 0 Å². The molecular weight excluding hydrogens is 302 g/mol. The number of carbonyl (C=O) groups is 3. The lowest BCUT2D eigenvalue weighted by atomic mass is 9.94. The predicted molar refractivity (Wildman–Crippen MR) is 93.1 cm³/mol. The molecule has 4 heteroatoms. The Morgan fingerprint density at radius 2 is 1.54 bits per heavy atom. The summed E-state index contributed by atoms with van der Waals surface area (Å²) in [5.74, 6) is -0.163. The molecule has 2 amide bonds. The average Bonchev–Trinajstić information content (AvgIpc) is 2.61. The molecular formula is C20H21NO3. The Balaban J connectivity index is 1.72. The second-order valence-electron chi connectivity index (χ2n) is 6.17. The van der Waals surface area contributed by atoms with E-state index in [1.165, 1.54) is 4.90 Å². The maximum atomic E-state index is 12.7. The zero-order chi connectivity index (χ0) is 17.1. The highest BCUT2D eigenvalue weighted by atomic mass is 16.2. The number of benzene rings is 2. The van der Waals surface area contributed by atoms with E-state index in [-0.39, 0.29) is 17.6 Å². The molecule has 0 aliphatic carbocycles. The Bertz CT molecular complexity index is 759. The first-order chi connectivity index (χ1) is 11.6. The van der Waals surface area contributed by atoms with Crippen LogP contribution in [0.25, 0.3) is 10.8 Å². The molecule has 0 saturated heterocycles. The highest BCUT2D eigenvalue weighted by molar-refractivity contribution is 6.25. The normalized spacial score (nSPS) is 13.6. The van der Waals surface area contributed by atoms with Crippen LogP contribution in [-0.2, 0) is 4.79 Å². The molecule has 124 valence electrons. The summed E-state index contributed by atoms with van der Waals surface area (Å²) in [6.07, 6.45) is 3.54. The Morgan fingerprint density at radius 1 is 0.917 bits per heavy atom. The first-order valence-corrected chi connectivity index (χ1v) is 8.53. The van der Waals surface area contributed by atoms with Crippen molar-refractivity contribution in [1.82, 2.24) is 4.90 Å². The van der Waals surface area contributed by atoms with Crippen LogP contribution in [0.2, 0.25) is 0 Å². The van der Waals surface area contributed by atoms with Crippen LogP contribution in [0.15, 0.2) is 36.4 Å². The summed E-state index contributed by atoms with van der Waals surface area (Å²) < 4.78 is 0. The van der Waals surface area contributed by atoms with E-state index in [1.54, 1.807) is 12.1 Å². The molecule has 4 nitrogen and oxygen atoms in total. The van der Waals surface area contributed by atoms with Crippen molar-refractivity contribution in [3.05, 3.63) is 47.5 Å². The van der Waals surface area contributed by atoms with Crippen molar-refractivity contribution in [1.29, 1.82) is 0 Å². The minimum absolute atomic E-state index is 0.214. The van der Waals surface area contributed by atoms with Gasteiger partial charge in [0.1, 0.15) is 5.78 Å². The van der Waals surface area contributed by atoms with Gasteiger partial charge in [-0.15, -0.1) is 0 Å². The van der Waals surface area contributed by atoms with Gasteiger partial charge in [-0.3, -0.25) is 19.3 Å². The Labute approximate surface area is 141 Å². The fourth-order valence-corrected chi connectivity index (χ4v) is 3.23. The molecule has 0 bridgehead atoms. The van der Waals surface area contributed by atoms with Crippen molar-refractivity contribution < 1.29 is 14.4 Å². The number of nitrogens with zero attached hydrogens (tertiary/aromatic N) is 1. The molecule has 3 rings (SSSR count). The van der Waals surface area contributed by atoms with Crippen LogP contribution in [0.4, 0.5) is 0 Å². The van der Waals surface area contributed by atoms with Crippen LogP contribution < -0.4 is 0 Å². The lowest BCUT2D eigenvalue weighted by molar-refractivity contribution is -0.118. The number of rotatable bonds is 7. The van der Waals surface area contributed by atoms with E-state index in [9.17, 15) is 14.4 Å². The first-order valence-electron chi connectivity index (χ1n) is 8.53. The standard InChI is InChI=1S/C20H21NO3/c1-2-15(22)10-4-3-5-13-21-19(23)16-11-6-8-14-9-7-12-17(18(14)16)20(21)24/h6-9,11-12H,2-5,10,13H2,1H3. The molecule has 24 heavy (non-hydrogen) atoms. The quantitative estimate of drug-likeness (QED) is 0.572. The van der Waals surface area contributed by atoms with E-state index in [1.807, 2.05) is 31.2 Å². The summed E-state index contributed by atoms with van der Waals surface area (Å²) in [4.78, 5) is 38.0. The summed E-state index contributed by atoms with van der Waals surface area (Å²) >= 11 is 0. The molecule has 0 spiro atoms. The van der Waals surface area contributed by atoms with Gasteiger partial charge in [-0.1, -0.05) is 37.6 Å². The predicted octanol–water partition coefficient (Wildman–Crippen LogP) is 3.98. The SMILES string of the molecule is CCC(=O)CCCCCN1C(=O)c2cccc3cccc(c23)C1=O. The van der Waals surface area contributed by atoms with Crippen LogP contribution in [0.5, 0.6) is 0 Å². The number of Topliss-reactive ketones (excluding diaryl/α,β-unsaturated/α-hetero) is 1. The van der Waals surface area contributed by atoms with Gasteiger partial charge in [0, 0.05) is 35.9 Å². The summed E-state index contributed by atoms with van der Waals surface area (Å²) in [5.41, 5.74) is 1.20. The maximum absolute atomic E-state index is 12.7. The van der Waals surface area contributed by atoms with E-state index in [0.717, 1.165) is 30.0 Å². The topological polar surface area (TPSA) is 54.5 Å². The molecule has 0 radical (unpaired) electrons. The minimum Gasteiger partial charge on any atom is -0.300 e. The number of hydrogen-bond donors (Lipinski definition) is 0. The third kappa shape index (κ3) is 2.96. The maximum Gasteiger partial charge on any atom is 0.261 e. The molecule has 1 aliphatic heterocycles. The van der Waals surface area contributed by atoms with Gasteiger partial charge in [-0.2, -0.15) is 0 Å². The fourth-order valence-electron chi connectivity index (χ4n) is 3.23. The van der Waals surface area contributed by atoms with E-state index in [2.05, 4.69) is 0 Å². The van der Waals surface area contributed by atoms with Gasteiger partial charge < -0.3 is 0 Å². The number of unbranched alkanes of at least 4 members (excludes halogenated alkanes) is 2. The number of hydrogen-bond acceptors (Lipinski definition) is 3. The van der Waals surface area contributed by atoms with E-state index in [4.69, 9.17) is 0 Å². The Hall–Kier alpha value is -2.49. The van der Waals surface area contributed by atoms with Gasteiger partial charge in [0.15, 0.2) is 0 Å².